The van der Waals surface area contributed by atoms with Gasteiger partial charge in [-0.05, 0) is 65.4 Å². The van der Waals surface area contributed by atoms with Gasteiger partial charge in [0, 0.05) is 36.5 Å². The van der Waals surface area contributed by atoms with Crippen molar-refractivity contribution < 1.29 is 24.4 Å². The van der Waals surface area contributed by atoms with Gasteiger partial charge in [0.2, 0.25) is 0 Å². The highest BCUT2D eigenvalue weighted by molar-refractivity contribution is 6.32. The summed E-state index contributed by atoms with van der Waals surface area (Å²) in [4.78, 5) is 8.62. The molecule has 1 aromatic heterocycles. The van der Waals surface area contributed by atoms with Gasteiger partial charge >= 0.3 is 0 Å². The third-order valence-electron chi connectivity index (χ3n) is 8.91. The summed E-state index contributed by atoms with van der Waals surface area (Å²) in [6, 6.07) is 29.4. The normalized spacial score (nSPS) is 14.5. The second-order valence-corrected chi connectivity index (χ2v) is 12.8. The van der Waals surface area contributed by atoms with Crippen molar-refractivity contribution in [2.24, 2.45) is 4.99 Å². The molecule has 0 spiro atoms. The van der Waals surface area contributed by atoms with E-state index in [0.29, 0.717) is 46.6 Å². The molecule has 9 nitrogen and oxygen atoms in total. The number of β-amino-alcohol motifs (C(OH)–C–C–N with tert-alkyl or cyclic N) is 1. The first-order valence-corrected chi connectivity index (χ1v) is 17.1. The van der Waals surface area contributed by atoms with E-state index >= 15 is 0 Å². The highest BCUT2D eigenvalue weighted by atomic mass is 35.5. The molecule has 10 heteroatoms. The molecule has 0 aliphatic carbocycles. The van der Waals surface area contributed by atoms with Crippen LogP contribution in [0, 0.1) is 25.2 Å². The minimum absolute atomic E-state index is 0.00622. The van der Waals surface area contributed by atoms with Gasteiger partial charge in [0.25, 0.3) is 0 Å². The summed E-state index contributed by atoms with van der Waals surface area (Å²) < 4.78 is 18.9. The molecule has 0 fully saturated rings. The van der Waals surface area contributed by atoms with Crippen LogP contribution >= 0.6 is 11.6 Å². The zero-order valence-electron chi connectivity index (χ0n) is 28.5. The van der Waals surface area contributed by atoms with Crippen molar-refractivity contribution in [3.8, 4) is 34.4 Å². The molecule has 51 heavy (non-hydrogen) atoms. The van der Waals surface area contributed by atoms with Crippen LogP contribution in [-0.4, -0.2) is 53.4 Å². The zero-order chi connectivity index (χ0) is 35.7. The monoisotopic (exact) mass is 702 g/mol. The van der Waals surface area contributed by atoms with Crippen molar-refractivity contribution in [2.75, 3.05) is 26.3 Å². The molecule has 0 bridgehead atoms. The molecule has 5 aromatic rings. The molecule has 3 N–H and O–H groups in total. The molecule has 0 saturated carbocycles. The van der Waals surface area contributed by atoms with Gasteiger partial charge in [0.05, 0.1) is 42.0 Å². The third-order valence-corrected chi connectivity index (χ3v) is 9.20. The van der Waals surface area contributed by atoms with Gasteiger partial charge in [-0.1, -0.05) is 72.3 Å². The van der Waals surface area contributed by atoms with E-state index in [9.17, 15) is 15.5 Å². The van der Waals surface area contributed by atoms with Gasteiger partial charge in [-0.25, -0.2) is 0 Å². The molecule has 6 rings (SSSR count). The van der Waals surface area contributed by atoms with Crippen molar-refractivity contribution >= 4 is 17.4 Å². The molecular formula is C41H39ClN4O5. The number of hydrogen-bond acceptors (Lipinski definition) is 9. The number of rotatable bonds is 13. The van der Waals surface area contributed by atoms with Gasteiger partial charge in [0.15, 0.2) is 0 Å². The molecule has 0 saturated heterocycles. The fourth-order valence-corrected chi connectivity index (χ4v) is 6.19. The lowest BCUT2D eigenvalue weighted by atomic mass is 9.93. The molecule has 1 aliphatic heterocycles. The van der Waals surface area contributed by atoms with Crippen LogP contribution in [0.2, 0.25) is 5.02 Å². The first kappa shape index (κ1) is 35.4. The second kappa shape index (κ2) is 16.5. The molecule has 260 valence electrons. The number of ether oxygens (including phenoxy) is 3. The summed E-state index contributed by atoms with van der Waals surface area (Å²) in [5.41, 5.74) is 7.99. The van der Waals surface area contributed by atoms with Gasteiger partial charge in [-0.2, -0.15) is 5.26 Å². The van der Waals surface area contributed by atoms with E-state index in [1.807, 2.05) is 61.5 Å². The predicted octanol–water partition coefficient (Wildman–Crippen LogP) is 6.91. The third kappa shape index (κ3) is 8.50. The second-order valence-electron chi connectivity index (χ2n) is 12.4. The molecule has 1 aliphatic rings. The van der Waals surface area contributed by atoms with Crippen molar-refractivity contribution in [2.45, 2.75) is 39.1 Å². The highest BCUT2D eigenvalue weighted by Gasteiger charge is 2.21. The Bertz CT molecular complexity index is 2060. The lowest BCUT2D eigenvalue weighted by Crippen LogP contribution is -2.39. The van der Waals surface area contributed by atoms with Crippen molar-refractivity contribution in [1.82, 2.24) is 10.3 Å². The predicted molar refractivity (Wildman–Crippen MR) is 198 cm³/mol. The SMILES string of the molecule is Cc1c(COc2cc(OCc3cncc(C#N)c3)c(C3=NCC(O)CN3)cc2Cl)cccc1-c1cccc(OCC(CO)c2ccccc2)c1C. The van der Waals surface area contributed by atoms with Gasteiger partial charge in [-0.15, -0.1) is 0 Å². The van der Waals surface area contributed by atoms with E-state index in [1.54, 1.807) is 24.4 Å². The summed E-state index contributed by atoms with van der Waals surface area (Å²) >= 11 is 6.79. The molecule has 0 amide bonds. The average molecular weight is 703 g/mol. The summed E-state index contributed by atoms with van der Waals surface area (Å²) in [5.74, 6) is 2.11. The maximum absolute atomic E-state index is 10.0. The minimum Gasteiger partial charge on any atom is -0.493 e. The van der Waals surface area contributed by atoms with E-state index in [2.05, 4.69) is 40.4 Å². The first-order valence-electron chi connectivity index (χ1n) is 16.7. The van der Waals surface area contributed by atoms with Crippen molar-refractivity contribution in [3.63, 3.8) is 0 Å². The Hall–Kier alpha value is -5.40. The Morgan fingerprint density at radius 2 is 1.63 bits per heavy atom. The number of amidine groups is 1. The number of nitrogens with one attached hydrogen (secondary N) is 1. The molecule has 0 radical (unpaired) electrons. The number of nitrogens with zero attached hydrogens (tertiary/aromatic N) is 3. The number of hydrogen-bond donors (Lipinski definition) is 3. The first-order chi connectivity index (χ1) is 24.8. The minimum atomic E-state index is -0.577. The van der Waals surface area contributed by atoms with Crippen LogP contribution in [0.1, 0.15) is 44.9 Å². The van der Waals surface area contributed by atoms with Crippen LogP contribution < -0.4 is 19.5 Å². The van der Waals surface area contributed by atoms with Gasteiger partial charge < -0.3 is 29.7 Å². The Kier molecular flexibility index (Phi) is 11.5. The van der Waals surface area contributed by atoms with Gasteiger partial charge in [0.1, 0.15) is 42.4 Å². The van der Waals surface area contributed by atoms with Gasteiger partial charge in [-0.3, -0.25) is 9.98 Å². The number of pyridine rings is 1. The lowest BCUT2D eigenvalue weighted by Gasteiger charge is -2.22. The fraction of sp³-hybridized carbons (Fsp3) is 0.244. The Labute approximate surface area is 302 Å². The summed E-state index contributed by atoms with van der Waals surface area (Å²) in [5, 5.41) is 32.8. The quantitative estimate of drug-likeness (QED) is 0.121. The molecule has 4 aromatic carbocycles. The van der Waals surface area contributed by atoms with E-state index in [-0.39, 0.29) is 32.3 Å². The number of aliphatic imine (C=N–C) groups is 1. The number of nitriles is 1. The van der Waals surface area contributed by atoms with Crippen LogP contribution in [0.5, 0.6) is 17.2 Å². The highest BCUT2D eigenvalue weighted by Crippen LogP contribution is 2.37. The maximum Gasteiger partial charge on any atom is 0.142 e. The van der Waals surface area contributed by atoms with Crippen molar-refractivity contribution in [1.29, 1.82) is 5.26 Å². The number of aliphatic hydroxyl groups is 2. The Balaban J connectivity index is 1.22. The van der Waals surface area contributed by atoms with Crippen molar-refractivity contribution in [3.05, 3.63) is 141 Å². The Morgan fingerprint density at radius 1 is 0.863 bits per heavy atom. The number of halogens is 1. The molecular weight excluding hydrogens is 664 g/mol. The summed E-state index contributed by atoms with van der Waals surface area (Å²) in [6.45, 7) is 5.49. The zero-order valence-corrected chi connectivity index (χ0v) is 29.2. The molecule has 2 unspecified atom stereocenters. The summed E-state index contributed by atoms with van der Waals surface area (Å²) in [7, 11) is 0. The van der Waals surface area contributed by atoms with Crippen LogP contribution in [0.25, 0.3) is 11.1 Å². The maximum atomic E-state index is 10.0. The van der Waals surface area contributed by atoms with Crippen LogP contribution in [0.3, 0.4) is 0 Å². The smallest absolute Gasteiger partial charge is 0.142 e. The molecule has 2 atom stereocenters. The number of benzene rings is 4. The number of aromatic nitrogens is 1. The summed E-state index contributed by atoms with van der Waals surface area (Å²) in [6.07, 6.45) is 2.57. The largest absolute Gasteiger partial charge is 0.493 e. The molecule has 2 heterocycles. The van der Waals surface area contributed by atoms with Crippen LogP contribution in [0.4, 0.5) is 0 Å². The Morgan fingerprint density at radius 3 is 2.37 bits per heavy atom. The van der Waals surface area contributed by atoms with Crippen LogP contribution in [-0.2, 0) is 13.2 Å². The van der Waals surface area contributed by atoms with E-state index in [4.69, 9.17) is 25.8 Å². The van der Waals surface area contributed by atoms with E-state index in [1.165, 1.54) is 6.20 Å². The standard InChI is InChI=1S/C41H39ClN4O5/c1-26-31(10-6-11-34(26)35-12-7-13-38(27(35)2)50-25-32(22-47)30-8-4-3-5-9-30)24-51-40-16-39(49-23-29-14-28(17-43)18-44-19-29)36(15-37(40)42)41-45-20-33(48)21-46-41/h3-16,18-19,32-33,47-48H,20-25H2,1-2H3,(H,45,46). The topological polar surface area (TPSA) is 129 Å². The number of aliphatic hydroxyl groups excluding tert-OH is 2. The van der Waals surface area contributed by atoms with E-state index < -0.39 is 6.10 Å². The lowest BCUT2D eigenvalue weighted by molar-refractivity contribution is 0.181. The van der Waals surface area contributed by atoms with E-state index in [0.717, 1.165) is 44.7 Å². The average Bonchev–Trinajstić information content (AvgIpc) is 3.16. The van der Waals surface area contributed by atoms with Crippen LogP contribution in [0.15, 0.2) is 102 Å². The fourth-order valence-electron chi connectivity index (χ4n) is 5.97.